The fraction of sp³-hybridized carbons (Fsp3) is 0.455. The largest absolute Gasteiger partial charge is 0.416 e. The molecule has 1 saturated carbocycles. The number of rotatable bonds is 1. The molecule has 4 heteroatoms. The summed E-state index contributed by atoms with van der Waals surface area (Å²) in [5.41, 5.74) is -0.438. The summed E-state index contributed by atoms with van der Waals surface area (Å²) in [7, 11) is 0. The van der Waals surface area contributed by atoms with Gasteiger partial charge in [0.25, 0.3) is 0 Å². The van der Waals surface area contributed by atoms with Gasteiger partial charge in [-0.05, 0) is 24.5 Å². The summed E-state index contributed by atoms with van der Waals surface area (Å²) < 4.78 is 38.2. The lowest BCUT2D eigenvalue weighted by Gasteiger charge is -2.63. The molecule has 0 aromatic heterocycles. The van der Waals surface area contributed by atoms with E-state index in [9.17, 15) is 13.2 Å². The zero-order valence-electron chi connectivity index (χ0n) is 7.93. The highest BCUT2D eigenvalue weighted by molar-refractivity contribution is 5.42. The van der Waals surface area contributed by atoms with E-state index in [0.29, 0.717) is 11.6 Å². The predicted octanol–water partition coefficient (Wildman–Crippen LogP) is 2.67. The molecule has 1 aromatic rings. The van der Waals surface area contributed by atoms with Crippen LogP contribution in [0.15, 0.2) is 24.3 Å². The number of alkyl halides is 3. The Bertz CT molecular complexity index is 394. The molecule has 0 atom stereocenters. The number of nitrogens with one attached hydrogen (secondary N) is 1. The lowest BCUT2D eigenvalue weighted by Crippen LogP contribution is -2.74. The first kappa shape index (κ1) is 9.21. The van der Waals surface area contributed by atoms with Crippen molar-refractivity contribution in [3.63, 3.8) is 0 Å². The Kier molecular flexibility index (Phi) is 1.57. The summed E-state index contributed by atoms with van der Waals surface area (Å²) in [4.78, 5) is 0. The molecule has 1 aromatic carbocycles. The molecule has 1 N–H and O–H groups in total. The average molecular weight is 213 g/mol. The number of benzene rings is 1. The van der Waals surface area contributed by atoms with Crippen LogP contribution in [0, 0.1) is 0 Å². The number of halogens is 3. The second-order valence-corrected chi connectivity index (χ2v) is 4.37. The molecule has 0 radical (unpaired) electrons. The third-order valence-corrected chi connectivity index (χ3v) is 3.42. The average Bonchev–Trinajstić information content (AvgIpc) is 1.97. The molecule has 15 heavy (non-hydrogen) atoms. The quantitative estimate of drug-likeness (QED) is 0.756. The van der Waals surface area contributed by atoms with Crippen LogP contribution >= 0.6 is 0 Å². The van der Waals surface area contributed by atoms with E-state index in [1.807, 2.05) is 0 Å². The van der Waals surface area contributed by atoms with E-state index in [4.69, 9.17) is 0 Å². The molecule has 3 aliphatic rings. The van der Waals surface area contributed by atoms with E-state index in [1.54, 1.807) is 12.1 Å². The summed E-state index contributed by atoms with van der Waals surface area (Å²) in [6.07, 6.45) is -2.55. The summed E-state index contributed by atoms with van der Waals surface area (Å²) in [5.74, 6) is 0. The van der Waals surface area contributed by atoms with E-state index < -0.39 is 11.7 Å². The summed E-state index contributed by atoms with van der Waals surface area (Å²) in [5, 5.41) is 3.15. The highest BCUT2D eigenvalue weighted by Crippen LogP contribution is 2.54. The van der Waals surface area contributed by atoms with Gasteiger partial charge in [0.05, 0.1) is 5.56 Å². The SMILES string of the molecule is FC(F)(F)c1ccccc1C12CC(C1)N2. The van der Waals surface area contributed by atoms with Crippen LogP contribution in [-0.2, 0) is 11.7 Å². The minimum atomic E-state index is -4.24. The van der Waals surface area contributed by atoms with Gasteiger partial charge in [-0.1, -0.05) is 18.2 Å². The van der Waals surface area contributed by atoms with Crippen LogP contribution in [0.5, 0.6) is 0 Å². The zero-order valence-corrected chi connectivity index (χ0v) is 7.93. The van der Waals surface area contributed by atoms with Gasteiger partial charge in [0.1, 0.15) is 0 Å². The normalized spacial score (nSPS) is 33.1. The van der Waals surface area contributed by atoms with E-state index in [-0.39, 0.29) is 5.54 Å². The first-order valence-corrected chi connectivity index (χ1v) is 4.96. The molecule has 0 spiro atoms. The maximum atomic E-state index is 12.7. The van der Waals surface area contributed by atoms with Crippen molar-refractivity contribution in [1.29, 1.82) is 0 Å². The Hall–Kier alpha value is -1.03. The van der Waals surface area contributed by atoms with Crippen LogP contribution in [0.3, 0.4) is 0 Å². The Morgan fingerprint density at radius 2 is 1.80 bits per heavy atom. The lowest BCUT2D eigenvalue weighted by atomic mass is 9.58. The Labute approximate surface area is 85.3 Å². The van der Waals surface area contributed by atoms with E-state index in [1.165, 1.54) is 6.07 Å². The molecule has 4 rings (SSSR count). The van der Waals surface area contributed by atoms with Crippen LogP contribution in [0.25, 0.3) is 0 Å². The maximum Gasteiger partial charge on any atom is 0.416 e. The summed E-state index contributed by atoms with van der Waals surface area (Å²) in [6.45, 7) is 0. The van der Waals surface area contributed by atoms with Crippen LogP contribution in [0.2, 0.25) is 0 Å². The van der Waals surface area contributed by atoms with E-state index in [2.05, 4.69) is 5.32 Å². The molecule has 0 amide bonds. The van der Waals surface area contributed by atoms with Crippen molar-refractivity contribution in [3.05, 3.63) is 35.4 Å². The Morgan fingerprint density at radius 1 is 1.20 bits per heavy atom. The van der Waals surface area contributed by atoms with Gasteiger partial charge in [0, 0.05) is 11.6 Å². The summed E-state index contributed by atoms with van der Waals surface area (Å²) in [6, 6.07) is 6.32. The molecule has 2 aliphatic heterocycles. The number of hydrogen-bond donors (Lipinski definition) is 1. The molecule has 80 valence electrons. The van der Waals surface area contributed by atoms with Gasteiger partial charge in [0.2, 0.25) is 0 Å². The second kappa shape index (κ2) is 2.55. The minimum Gasteiger partial charge on any atom is -0.304 e. The van der Waals surface area contributed by atoms with Crippen molar-refractivity contribution in [2.75, 3.05) is 0 Å². The third-order valence-electron chi connectivity index (χ3n) is 3.42. The van der Waals surface area contributed by atoms with Gasteiger partial charge in [0.15, 0.2) is 0 Å². The highest BCUT2D eigenvalue weighted by Gasteiger charge is 2.59. The molecule has 1 nitrogen and oxygen atoms in total. The zero-order chi connectivity index (χ0) is 10.7. The third kappa shape index (κ3) is 1.14. The van der Waals surface area contributed by atoms with E-state index >= 15 is 0 Å². The van der Waals surface area contributed by atoms with Crippen LogP contribution in [0.4, 0.5) is 13.2 Å². The predicted molar refractivity (Wildman–Crippen MR) is 49.3 cm³/mol. The molecule has 3 fully saturated rings. The molecule has 2 heterocycles. The Morgan fingerprint density at radius 3 is 2.27 bits per heavy atom. The number of hydrogen-bond acceptors (Lipinski definition) is 1. The van der Waals surface area contributed by atoms with Crippen molar-refractivity contribution < 1.29 is 13.2 Å². The lowest BCUT2D eigenvalue weighted by molar-refractivity contribution is -0.141. The molecule has 2 saturated heterocycles. The second-order valence-electron chi connectivity index (χ2n) is 4.37. The van der Waals surface area contributed by atoms with Crippen molar-refractivity contribution in [2.45, 2.75) is 30.6 Å². The van der Waals surface area contributed by atoms with E-state index in [0.717, 1.165) is 18.9 Å². The first-order chi connectivity index (χ1) is 7.01. The van der Waals surface area contributed by atoms with Crippen LogP contribution in [-0.4, -0.2) is 6.04 Å². The van der Waals surface area contributed by atoms with Crippen LogP contribution in [0.1, 0.15) is 24.0 Å². The minimum absolute atomic E-state index is 0.364. The molecule has 2 bridgehead atoms. The smallest absolute Gasteiger partial charge is 0.304 e. The fourth-order valence-corrected chi connectivity index (χ4v) is 2.58. The molecule has 1 aliphatic carbocycles. The topological polar surface area (TPSA) is 12.0 Å². The highest BCUT2D eigenvalue weighted by atomic mass is 19.4. The maximum absolute atomic E-state index is 12.7. The fourth-order valence-electron chi connectivity index (χ4n) is 2.58. The van der Waals surface area contributed by atoms with Gasteiger partial charge >= 0.3 is 6.18 Å². The van der Waals surface area contributed by atoms with Crippen LogP contribution < -0.4 is 5.32 Å². The molecular formula is C11H10F3N. The van der Waals surface area contributed by atoms with Gasteiger partial charge in [-0.15, -0.1) is 0 Å². The van der Waals surface area contributed by atoms with Crippen molar-refractivity contribution in [2.24, 2.45) is 0 Å². The van der Waals surface area contributed by atoms with Crippen molar-refractivity contribution in [1.82, 2.24) is 5.32 Å². The molecule has 0 unspecified atom stereocenters. The van der Waals surface area contributed by atoms with Gasteiger partial charge in [-0.3, -0.25) is 0 Å². The van der Waals surface area contributed by atoms with Crippen molar-refractivity contribution >= 4 is 0 Å². The van der Waals surface area contributed by atoms with Gasteiger partial charge in [-0.2, -0.15) is 13.2 Å². The monoisotopic (exact) mass is 213 g/mol. The standard InChI is InChI=1S/C11H10F3N/c12-11(13,14)9-4-2-1-3-8(9)10-5-7(6-10)15-10/h1-4,7,15H,5-6H2. The summed E-state index contributed by atoms with van der Waals surface area (Å²) >= 11 is 0. The van der Waals surface area contributed by atoms with Crippen molar-refractivity contribution in [3.8, 4) is 0 Å². The van der Waals surface area contributed by atoms with Gasteiger partial charge in [-0.25, -0.2) is 0 Å². The molecular weight excluding hydrogens is 203 g/mol. The Balaban J connectivity index is 2.07. The van der Waals surface area contributed by atoms with Gasteiger partial charge < -0.3 is 5.32 Å². The first-order valence-electron chi connectivity index (χ1n) is 4.96.